The summed E-state index contributed by atoms with van der Waals surface area (Å²) in [5.74, 6) is -0.365. The number of halogens is 1. The van der Waals surface area contributed by atoms with Gasteiger partial charge >= 0.3 is 0 Å². The van der Waals surface area contributed by atoms with E-state index in [1.54, 1.807) is 6.07 Å². The number of benzene rings is 3. The first-order valence-corrected chi connectivity index (χ1v) is 10.2. The molecule has 3 aromatic carbocycles. The van der Waals surface area contributed by atoms with Gasteiger partial charge in [-0.2, -0.15) is 0 Å². The molecule has 0 radical (unpaired) electrons. The molecular formula is C25H21FN2O4. The lowest BCUT2D eigenvalue weighted by Gasteiger charge is -2.24. The average molecular weight is 432 g/mol. The molecule has 0 fully saturated rings. The van der Waals surface area contributed by atoms with Crippen molar-refractivity contribution in [2.75, 3.05) is 11.7 Å². The van der Waals surface area contributed by atoms with Crippen molar-refractivity contribution >= 4 is 17.3 Å². The third-order valence-electron chi connectivity index (χ3n) is 6.01. The Morgan fingerprint density at radius 1 is 1.06 bits per heavy atom. The second-order valence-corrected chi connectivity index (χ2v) is 8.03. The van der Waals surface area contributed by atoms with Crippen LogP contribution in [0.25, 0.3) is 11.1 Å². The summed E-state index contributed by atoms with van der Waals surface area (Å²) in [7, 11) is 0. The number of ether oxygens (including phenoxy) is 2. The first-order valence-electron chi connectivity index (χ1n) is 10.2. The first kappa shape index (κ1) is 20.2. The Morgan fingerprint density at radius 2 is 1.84 bits per heavy atom. The number of oxime groups is 1. The molecule has 0 aromatic heterocycles. The largest absolute Gasteiger partial charge is 0.467 e. The van der Waals surface area contributed by atoms with Gasteiger partial charge < -0.3 is 19.6 Å². The summed E-state index contributed by atoms with van der Waals surface area (Å²) in [5, 5.41) is 12.7. The lowest BCUT2D eigenvalue weighted by molar-refractivity contribution is -0.112. The molecule has 5 rings (SSSR count). The lowest BCUT2D eigenvalue weighted by atomic mass is 9.98. The van der Waals surface area contributed by atoms with E-state index in [1.807, 2.05) is 18.2 Å². The van der Waals surface area contributed by atoms with E-state index in [-0.39, 0.29) is 25.7 Å². The quantitative estimate of drug-likeness (QED) is 0.481. The summed E-state index contributed by atoms with van der Waals surface area (Å²) < 4.78 is 25.1. The Morgan fingerprint density at radius 3 is 2.62 bits per heavy atom. The highest BCUT2D eigenvalue weighted by Gasteiger charge is 2.36. The molecule has 0 atom stereocenters. The normalized spacial score (nSPS) is 16.2. The van der Waals surface area contributed by atoms with Crippen molar-refractivity contribution in [1.29, 1.82) is 0 Å². The summed E-state index contributed by atoms with van der Waals surface area (Å²) in [6, 6.07) is 14.5. The Bertz CT molecular complexity index is 1290. The minimum Gasteiger partial charge on any atom is -0.467 e. The summed E-state index contributed by atoms with van der Waals surface area (Å²) in [4.78, 5) is 14.6. The van der Waals surface area contributed by atoms with Gasteiger partial charge in [-0.1, -0.05) is 29.4 Å². The van der Waals surface area contributed by atoms with E-state index < -0.39 is 11.7 Å². The summed E-state index contributed by atoms with van der Waals surface area (Å²) in [5.41, 5.74) is 6.51. The standard InChI is InChI=1S/C25H21FN2O4/c1-14-3-4-16(7-15(14)2)17-5-6-21-22(10-17)28(25(29)23(21)27-30)11-18-8-20(26)9-19-12-31-13-32-24(18)19/h3-10,30H,11-13H2,1-2H3/b27-23-. The van der Waals surface area contributed by atoms with Crippen molar-refractivity contribution in [3.8, 4) is 16.9 Å². The Kier molecular flexibility index (Phi) is 4.90. The zero-order valence-electron chi connectivity index (χ0n) is 17.7. The Balaban J connectivity index is 1.59. The fourth-order valence-corrected chi connectivity index (χ4v) is 4.21. The molecule has 32 heavy (non-hydrogen) atoms. The summed E-state index contributed by atoms with van der Waals surface area (Å²) >= 11 is 0. The fourth-order valence-electron chi connectivity index (χ4n) is 4.21. The number of aryl methyl sites for hydroxylation is 2. The Labute approximate surface area is 184 Å². The van der Waals surface area contributed by atoms with Crippen molar-refractivity contribution in [3.63, 3.8) is 0 Å². The van der Waals surface area contributed by atoms with E-state index in [0.717, 1.165) is 11.1 Å². The molecule has 0 saturated carbocycles. The lowest BCUT2D eigenvalue weighted by Crippen LogP contribution is -2.30. The molecule has 2 aliphatic heterocycles. The van der Waals surface area contributed by atoms with Gasteiger partial charge in [0.15, 0.2) is 12.5 Å². The molecular weight excluding hydrogens is 411 g/mol. The minimum atomic E-state index is -0.454. The second kappa shape index (κ2) is 7.76. The van der Waals surface area contributed by atoms with Gasteiger partial charge in [-0.05, 0) is 60.4 Å². The number of carbonyl (C=O) groups excluding carboxylic acids is 1. The van der Waals surface area contributed by atoms with Gasteiger partial charge in [0.2, 0.25) is 0 Å². The molecule has 162 valence electrons. The number of nitrogens with zero attached hydrogens (tertiary/aromatic N) is 2. The molecule has 0 spiro atoms. The smallest absolute Gasteiger partial charge is 0.281 e. The summed E-state index contributed by atoms with van der Waals surface area (Å²) in [6.45, 7) is 4.48. The van der Waals surface area contributed by atoms with Crippen molar-refractivity contribution < 1.29 is 23.9 Å². The van der Waals surface area contributed by atoms with Gasteiger partial charge in [0.1, 0.15) is 11.6 Å². The van der Waals surface area contributed by atoms with Gasteiger partial charge in [-0.3, -0.25) is 4.79 Å². The van der Waals surface area contributed by atoms with Crippen molar-refractivity contribution in [2.45, 2.75) is 27.0 Å². The van der Waals surface area contributed by atoms with E-state index in [1.165, 1.54) is 28.2 Å². The third-order valence-corrected chi connectivity index (χ3v) is 6.01. The first-order chi connectivity index (χ1) is 15.5. The van der Waals surface area contributed by atoms with Crippen LogP contribution in [0.3, 0.4) is 0 Å². The number of hydrogen-bond donors (Lipinski definition) is 1. The maximum atomic E-state index is 14.2. The van der Waals surface area contributed by atoms with Gasteiger partial charge in [0.25, 0.3) is 5.91 Å². The number of anilines is 1. The van der Waals surface area contributed by atoms with Gasteiger partial charge in [-0.15, -0.1) is 0 Å². The van der Waals surface area contributed by atoms with Crippen LogP contribution in [-0.4, -0.2) is 23.6 Å². The molecule has 0 unspecified atom stereocenters. The molecule has 1 N–H and O–H groups in total. The molecule has 7 heteroatoms. The second-order valence-electron chi connectivity index (χ2n) is 8.03. The number of fused-ring (bicyclic) bond motifs is 2. The predicted octanol–water partition coefficient (Wildman–Crippen LogP) is 4.70. The van der Waals surface area contributed by atoms with Gasteiger partial charge in [0, 0.05) is 16.7 Å². The van der Waals surface area contributed by atoms with E-state index in [2.05, 4.69) is 31.1 Å². The number of carbonyl (C=O) groups is 1. The van der Waals surface area contributed by atoms with Crippen LogP contribution in [0.1, 0.15) is 27.8 Å². The SMILES string of the molecule is Cc1ccc(-c2ccc3c(c2)N(Cc2cc(F)cc4c2OCOC4)C(=O)/C3=N\O)cc1C. The molecule has 2 heterocycles. The van der Waals surface area contributed by atoms with Crippen LogP contribution < -0.4 is 9.64 Å². The molecule has 0 aliphatic carbocycles. The highest BCUT2D eigenvalue weighted by Crippen LogP contribution is 2.37. The molecule has 1 amide bonds. The van der Waals surface area contributed by atoms with Gasteiger partial charge in [-0.25, -0.2) is 4.39 Å². The fraction of sp³-hybridized carbons (Fsp3) is 0.200. The molecule has 0 bridgehead atoms. The van der Waals surface area contributed by atoms with E-state index in [4.69, 9.17) is 9.47 Å². The number of hydrogen-bond acceptors (Lipinski definition) is 5. The van der Waals surface area contributed by atoms with Crippen LogP contribution in [-0.2, 0) is 22.7 Å². The van der Waals surface area contributed by atoms with Crippen molar-refractivity contribution in [3.05, 3.63) is 82.2 Å². The van der Waals surface area contributed by atoms with E-state index >= 15 is 0 Å². The maximum absolute atomic E-state index is 14.2. The predicted molar refractivity (Wildman–Crippen MR) is 118 cm³/mol. The van der Waals surface area contributed by atoms with Crippen LogP contribution in [0.2, 0.25) is 0 Å². The van der Waals surface area contributed by atoms with Crippen molar-refractivity contribution in [2.24, 2.45) is 5.16 Å². The zero-order valence-corrected chi connectivity index (χ0v) is 17.7. The third kappa shape index (κ3) is 3.31. The molecule has 2 aliphatic rings. The van der Waals surface area contributed by atoms with Crippen molar-refractivity contribution in [1.82, 2.24) is 0 Å². The van der Waals surface area contributed by atoms with E-state index in [9.17, 15) is 14.4 Å². The average Bonchev–Trinajstić information content (AvgIpc) is 3.05. The number of rotatable bonds is 3. The van der Waals surface area contributed by atoms with Gasteiger partial charge in [0.05, 0.1) is 18.8 Å². The zero-order chi connectivity index (χ0) is 22.4. The summed E-state index contributed by atoms with van der Waals surface area (Å²) in [6.07, 6.45) is 0. The minimum absolute atomic E-state index is 0.0406. The van der Waals surface area contributed by atoms with Crippen LogP contribution in [0.5, 0.6) is 5.75 Å². The molecule has 3 aromatic rings. The van der Waals surface area contributed by atoms with E-state index in [0.29, 0.717) is 28.1 Å². The maximum Gasteiger partial charge on any atom is 0.281 e. The highest BCUT2D eigenvalue weighted by atomic mass is 19.1. The van der Waals surface area contributed by atoms with Crippen LogP contribution in [0.4, 0.5) is 10.1 Å². The topological polar surface area (TPSA) is 71.4 Å². The van der Waals surface area contributed by atoms with Crippen LogP contribution in [0.15, 0.2) is 53.7 Å². The molecule has 0 saturated heterocycles. The highest BCUT2D eigenvalue weighted by molar-refractivity contribution is 6.54. The number of amides is 1. The molecule has 6 nitrogen and oxygen atoms in total. The van der Waals surface area contributed by atoms with Crippen LogP contribution >= 0.6 is 0 Å². The Hall–Kier alpha value is -3.71. The van der Waals surface area contributed by atoms with Crippen LogP contribution in [0, 0.1) is 19.7 Å². The monoisotopic (exact) mass is 432 g/mol.